The summed E-state index contributed by atoms with van der Waals surface area (Å²) in [5.74, 6) is 0.103. The SMILES string of the molecule is CC(=O)N1N=C(c2cccc(I)c2)OC1c1c(Cl)cccc1Cl. The molecule has 23 heavy (non-hydrogen) atoms. The molecule has 1 aliphatic heterocycles. The highest BCUT2D eigenvalue weighted by Gasteiger charge is 2.35. The fraction of sp³-hybridized carbons (Fsp3) is 0.125. The second-order valence-electron chi connectivity index (χ2n) is 4.88. The van der Waals surface area contributed by atoms with E-state index in [1.807, 2.05) is 24.3 Å². The van der Waals surface area contributed by atoms with Crippen molar-refractivity contribution in [3.8, 4) is 0 Å². The number of amides is 1. The Morgan fingerprint density at radius 1 is 1.22 bits per heavy atom. The van der Waals surface area contributed by atoms with Gasteiger partial charge in [0.25, 0.3) is 0 Å². The van der Waals surface area contributed by atoms with Crippen molar-refractivity contribution in [1.29, 1.82) is 0 Å². The maximum atomic E-state index is 11.9. The zero-order chi connectivity index (χ0) is 16.6. The zero-order valence-corrected chi connectivity index (χ0v) is 15.6. The molecule has 0 N–H and O–H groups in total. The van der Waals surface area contributed by atoms with Gasteiger partial charge in [-0.15, -0.1) is 5.10 Å². The Morgan fingerprint density at radius 3 is 2.48 bits per heavy atom. The fourth-order valence-corrected chi connectivity index (χ4v) is 3.37. The van der Waals surface area contributed by atoms with E-state index in [-0.39, 0.29) is 5.91 Å². The summed E-state index contributed by atoms with van der Waals surface area (Å²) in [6.45, 7) is 1.42. The van der Waals surface area contributed by atoms with Crippen LogP contribution < -0.4 is 0 Å². The van der Waals surface area contributed by atoms with Crippen LogP contribution in [0, 0.1) is 3.57 Å². The van der Waals surface area contributed by atoms with E-state index >= 15 is 0 Å². The van der Waals surface area contributed by atoms with Crippen LogP contribution in [0.3, 0.4) is 0 Å². The first kappa shape index (κ1) is 16.5. The van der Waals surface area contributed by atoms with E-state index in [0.29, 0.717) is 21.5 Å². The van der Waals surface area contributed by atoms with Gasteiger partial charge >= 0.3 is 0 Å². The molecule has 0 radical (unpaired) electrons. The number of benzene rings is 2. The molecule has 3 rings (SSSR count). The molecule has 0 aromatic heterocycles. The minimum atomic E-state index is -0.776. The second-order valence-corrected chi connectivity index (χ2v) is 6.94. The van der Waals surface area contributed by atoms with E-state index in [9.17, 15) is 4.79 Å². The number of carbonyl (C=O) groups is 1. The molecule has 1 heterocycles. The minimum absolute atomic E-state index is 0.258. The molecule has 1 amide bonds. The lowest BCUT2D eigenvalue weighted by Gasteiger charge is -2.21. The van der Waals surface area contributed by atoms with Gasteiger partial charge in [0.2, 0.25) is 18.0 Å². The van der Waals surface area contributed by atoms with Crippen molar-refractivity contribution >= 4 is 57.6 Å². The normalized spacial score (nSPS) is 17.0. The van der Waals surface area contributed by atoms with E-state index in [4.69, 9.17) is 27.9 Å². The Kier molecular flexibility index (Phi) is 4.79. The summed E-state index contributed by atoms with van der Waals surface area (Å²) >= 11 is 14.7. The molecule has 0 saturated carbocycles. The lowest BCUT2D eigenvalue weighted by molar-refractivity contribution is -0.135. The third-order valence-corrected chi connectivity index (χ3v) is 4.61. The lowest BCUT2D eigenvalue weighted by atomic mass is 10.2. The van der Waals surface area contributed by atoms with Crippen molar-refractivity contribution in [2.24, 2.45) is 5.10 Å². The summed E-state index contributed by atoms with van der Waals surface area (Å²) in [5.41, 5.74) is 1.31. The van der Waals surface area contributed by atoms with Gasteiger partial charge in [-0.05, 0) is 52.9 Å². The maximum absolute atomic E-state index is 11.9. The van der Waals surface area contributed by atoms with E-state index in [1.165, 1.54) is 11.9 Å². The van der Waals surface area contributed by atoms with E-state index < -0.39 is 6.23 Å². The van der Waals surface area contributed by atoms with Crippen molar-refractivity contribution in [3.63, 3.8) is 0 Å². The molecular formula is C16H11Cl2IN2O2. The van der Waals surface area contributed by atoms with Crippen LogP contribution in [0.15, 0.2) is 47.6 Å². The molecule has 0 spiro atoms. The molecule has 0 saturated heterocycles. The van der Waals surface area contributed by atoms with Crippen molar-refractivity contribution in [2.45, 2.75) is 13.2 Å². The van der Waals surface area contributed by atoms with Gasteiger partial charge < -0.3 is 4.74 Å². The number of hydrazone groups is 1. The van der Waals surface area contributed by atoms with Crippen molar-refractivity contribution in [2.75, 3.05) is 0 Å². The van der Waals surface area contributed by atoms with Crippen molar-refractivity contribution < 1.29 is 9.53 Å². The molecule has 1 atom stereocenters. The van der Waals surface area contributed by atoms with Crippen molar-refractivity contribution in [3.05, 3.63) is 67.2 Å². The first-order valence-electron chi connectivity index (χ1n) is 6.72. The topological polar surface area (TPSA) is 41.9 Å². The highest BCUT2D eigenvalue weighted by atomic mass is 127. The first-order valence-corrected chi connectivity index (χ1v) is 8.56. The Morgan fingerprint density at radius 2 is 1.87 bits per heavy atom. The predicted octanol–water partition coefficient (Wildman–Crippen LogP) is 4.84. The average Bonchev–Trinajstić information content (AvgIpc) is 2.92. The molecule has 0 aliphatic carbocycles. The van der Waals surface area contributed by atoms with Crippen molar-refractivity contribution in [1.82, 2.24) is 5.01 Å². The number of carbonyl (C=O) groups excluding carboxylic acids is 1. The van der Waals surface area contributed by atoms with Crippen LogP contribution in [0.4, 0.5) is 0 Å². The number of nitrogens with zero attached hydrogens (tertiary/aromatic N) is 2. The highest BCUT2D eigenvalue weighted by molar-refractivity contribution is 14.1. The van der Waals surface area contributed by atoms with Gasteiger partial charge in [-0.2, -0.15) is 5.01 Å². The first-order chi connectivity index (χ1) is 11.0. The van der Waals surface area contributed by atoms with Gasteiger partial charge in [0.05, 0.1) is 15.6 Å². The van der Waals surface area contributed by atoms with E-state index in [1.54, 1.807) is 18.2 Å². The predicted molar refractivity (Wildman–Crippen MR) is 98.5 cm³/mol. The smallest absolute Gasteiger partial charge is 0.243 e. The average molecular weight is 461 g/mol. The molecule has 2 aromatic rings. The van der Waals surface area contributed by atoms with Gasteiger partial charge in [-0.3, -0.25) is 4.79 Å². The summed E-state index contributed by atoms with van der Waals surface area (Å²) in [5, 5.41) is 6.40. The third kappa shape index (κ3) is 3.32. The summed E-state index contributed by atoms with van der Waals surface area (Å²) in [6.07, 6.45) is -0.776. The van der Waals surface area contributed by atoms with Crippen LogP contribution in [0.25, 0.3) is 0 Å². The van der Waals surface area contributed by atoms with Gasteiger partial charge in [-0.25, -0.2) is 0 Å². The molecule has 0 fully saturated rings. The van der Waals surface area contributed by atoms with Crippen LogP contribution in [-0.2, 0) is 9.53 Å². The van der Waals surface area contributed by atoms with Gasteiger partial charge in [0.1, 0.15) is 0 Å². The number of ether oxygens (including phenoxy) is 1. The summed E-state index contributed by atoms with van der Waals surface area (Å²) in [4.78, 5) is 11.9. The summed E-state index contributed by atoms with van der Waals surface area (Å²) in [7, 11) is 0. The number of hydrogen-bond donors (Lipinski definition) is 0. The number of hydrogen-bond acceptors (Lipinski definition) is 3. The monoisotopic (exact) mass is 460 g/mol. The Hall–Kier alpha value is -1.31. The summed E-state index contributed by atoms with van der Waals surface area (Å²) in [6, 6.07) is 12.8. The second kappa shape index (κ2) is 6.67. The fourth-order valence-electron chi connectivity index (χ4n) is 2.24. The van der Waals surface area contributed by atoms with Crippen LogP contribution in [0.1, 0.15) is 24.3 Å². The quantitative estimate of drug-likeness (QED) is 0.602. The third-order valence-electron chi connectivity index (χ3n) is 3.28. The molecule has 1 aliphatic rings. The van der Waals surface area contributed by atoms with Crippen LogP contribution >= 0.6 is 45.8 Å². The molecular weight excluding hydrogens is 450 g/mol. The minimum Gasteiger partial charge on any atom is -0.446 e. The van der Waals surface area contributed by atoms with Crippen LogP contribution in [0.5, 0.6) is 0 Å². The molecule has 4 nitrogen and oxygen atoms in total. The number of halogens is 3. The Labute approximate surface area is 157 Å². The lowest BCUT2D eigenvalue weighted by Crippen LogP contribution is -2.25. The van der Waals surface area contributed by atoms with E-state index in [0.717, 1.165) is 9.13 Å². The molecule has 0 bridgehead atoms. The standard InChI is InChI=1S/C16H11Cl2IN2O2/c1-9(22)21-16(14-12(17)6-3-7-13(14)18)23-15(20-21)10-4-2-5-11(19)8-10/h2-8,16H,1H3. The number of rotatable bonds is 2. The van der Waals surface area contributed by atoms with Gasteiger partial charge in [-0.1, -0.05) is 35.3 Å². The largest absolute Gasteiger partial charge is 0.446 e. The van der Waals surface area contributed by atoms with Crippen LogP contribution in [0.2, 0.25) is 10.0 Å². The zero-order valence-electron chi connectivity index (χ0n) is 12.0. The molecule has 1 unspecified atom stereocenters. The molecule has 7 heteroatoms. The Bertz CT molecular complexity index is 790. The molecule has 118 valence electrons. The van der Waals surface area contributed by atoms with Crippen LogP contribution in [-0.4, -0.2) is 16.8 Å². The Balaban J connectivity index is 2.03. The summed E-state index contributed by atoms with van der Waals surface area (Å²) < 4.78 is 6.95. The highest BCUT2D eigenvalue weighted by Crippen LogP contribution is 2.38. The van der Waals surface area contributed by atoms with Gasteiger partial charge in [0, 0.05) is 16.1 Å². The molecule has 2 aromatic carbocycles. The van der Waals surface area contributed by atoms with E-state index in [2.05, 4.69) is 27.7 Å². The van der Waals surface area contributed by atoms with Gasteiger partial charge in [0.15, 0.2) is 0 Å². The maximum Gasteiger partial charge on any atom is 0.243 e.